The Morgan fingerprint density at radius 1 is 0.961 bits per heavy atom. The van der Waals surface area contributed by atoms with E-state index in [-0.39, 0.29) is 28.9 Å². The van der Waals surface area contributed by atoms with Crippen LogP contribution in [0.4, 0.5) is 20.2 Å². The highest BCUT2D eigenvalue weighted by Gasteiger charge is 2.48. The normalized spacial score (nSPS) is 20.1. The molecule has 0 radical (unpaired) electrons. The standard InChI is InChI=1S/C32H43ClN6O11S/c1-16-18(12-45-21(25(40)44-11)17-13-51-15-35-17)46-24(20(16)47-29(43)50-32(8,9)10)38-14-34-19-22(38)36-26(33)37-23(19)39(27(41)48-30(2,3)4)28(42)49-31(5,6)7/h13-16,18,20-21,24H,12H2,1-11H3/t16-,18-,20-,21?,24-/m1/s1. The maximum Gasteiger partial charge on any atom is 0.509 e. The molecule has 1 unspecified atom stereocenters. The number of amides is 2. The Labute approximate surface area is 303 Å². The third-order valence-corrected chi connectivity index (χ3v) is 7.67. The zero-order valence-electron chi connectivity index (χ0n) is 30.3. The molecule has 19 heteroatoms. The molecule has 0 spiro atoms. The van der Waals surface area contributed by atoms with Crippen LogP contribution in [0.1, 0.15) is 87.3 Å². The van der Waals surface area contributed by atoms with Gasteiger partial charge in [0.2, 0.25) is 5.28 Å². The van der Waals surface area contributed by atoms with Gasteiger partial charge in [-0.3, -0.25) is 4.57 Å². The Bertz CT molecular complexity index is 1700. The summed E-state index contributed by atoms with van der Waals surface area (Å²) in [6.07, 6.45) is -5.94. The van der Waals surface area contributed by atoms with Gasteiger partial charge < -0.3 is 33.2 Å². The summed E-state index contributed by atoms with van der Waals surface area (Å²) in [4.78, 5) is 70.2. The number of carbonyl (C=O) groups excluding carboxylic acids is 4. The second-order valence-corrected chi connectivity index (χ2v) is 15.6. The van der Waals surface area contributed by atoms with Gasteiger partial charge in [0, 0.05) is 11.3 Å². The van der Waals surface area contributed by atoms with Crippen molar-refractivity contribution in [3.8, 4) is 0 Å². The van der Waals surface area contributed by atoms with Crippen LogP contribution in [0.15, 0.2) is 17.2 Å². The molecule has 1 aliphatic rings. The monoisotopic (exact) mass is 754 g/mol. The Morgan fingerprint density at radius 2 is 1.57 bits per heavy atom. The van der Waals surface area contributed by atoms with Gasteiger partial charge in [0.25, 0.3) is 0 Å². The number of fused-ring (bicyclic) bond motifs is 1. The molecular weight excluding hydrogens is 712 g/mol. The second kappa shape index (κ2) is 15.2. The smallest absolute Gasteiger partial charge is 0.467 e. The van der Waals surface area contributed by atoms with Crippen LogP contribution in [0.25, 0.3) is 11.2 Å². The van der Waals surface area contributed by atoms with Gasteiger partial charge in [-0.05, 0) is 73.9 Å². The molecule has 0 bridgehead atoms. The van der Waals surface area contributed by atoms with E-state index in [1.165, 1.54) is 29.3 Å². The van der Waals surface area contributed by atoms with Crippen LogP contribution in [0.3, 0.4) is 0 Å². The number of imidazole rings is 1. The fourth-order valence-corrected chi connectivity index (χ4v) is 5.55. The molecule has 3 aromatic rings. The fraction of sp³-hybridized carbons (Fsp3) is 0.625. The largest absolute Gasteiger partial charge is 0.509 e. The molecule has 3 aromatic heterocycles. The van der Waals surface area contributed by atoms with Crippen LogP contribution >= 0.6 is 22.9 Å². The minimum Gasteiger partial charge on any atom is -0.467 e. The van der Waals surface area contributed by atoms with Crippen LogP contribution in [0.2, 0.25) is 5.28 Å². The number of hydrogen-bond acceptors (Lipinski definition) is 16. The molecule has 2 amide bonds. The summed E-state index contributed by atoms with van der Waals surface area (Å²) in [7, 11) is 1.23. The molecule has 1 fully saturated rings. The molecule has 4 heterocycles. The van der Waals surface area contributed by atoms with Crippen LogP contribution in [-0.4, -0.2) is 91.5 Å². The second-order valence-electron chi connectivity index (χ2n) is 14.6. The highest BCUT2D eigenvalue weighted by Crippen LogP contribution is 2.40. The molecule has 17 nitrogen and oxygen atoms in total. The van der Waals surface area contributed by atoms with Crippen LogP contribution in [0, 0.1) is 5.92 Å². The fourth-order valence-electron chi connectivity index (χ4n) is 4.82. The van der Waals surface area contributed by atoms with Gasteiger partial charge in [-0.25, -0.2) is 29.1 Å². The zero-order valence-corrected chi connectivity index (χ0v) is 31.9. The van der Waals surface area contributed by atoms with E-state index in [1.807, 2.05) is 0 Å². The van der Waals surface area contributed by atoms with E-state index in [4.69, 9.17) is 44.8 Å². The third-order valence-electron chi connectivity index (χ3n) is 6.90. The number of carbonyl (C=O) groups is 4. The number of nitrogens with zero attached hydrogens (tertiary/aromatic N) is 6. The van der Waals surface area contributed by atoms with E-state index < -0.39 is 71.6 Å². The highest BCUT2D eigenvalue weighted by molar-refractivity contribution is 7.07. The van der Waals surface area contributed by atoms with Crippen LogP contribution < -0.4 is 4.90 Å². The Morgan fingerprint density at radius 3 is 2.10 bits per heavy atom. The van der Waals surface area contributed by atoms with Crippen molar-refractivity contribution in [3.63, 3.8) is 0 Å². The average Bonchev–Trinajstić information content (AvgIpc) is 3.71. The summed E-state index contributed by atoms with van der Waals surface area (Å²) in [5.41, 5.74) is -1.02. The Kier molecular flexibility index (Phi) is 11.8. The van der Waals surface area contributed by atoms with Crippen molar-refractivity contribution in [1.82, 2.24) is 24.5 Å². The zero-order chi connectivity index (χ0) is 38.1. The number of ether oxygens (including phenoxy) is 7. The lowest BCUT2D eigenvalue weighted by atomic mass is 10.0. The van der Waals surface area contributed by atoms with E-state index >= 15 is 0 Å². The number of hydrogen-bond donors (Lipinski definition) is 0. The van der Waals surface area contributed by atoms with E-state index in [0.717, 1.165) is 0 Å². The number of aromatic nitrogens is 5. The van der Waals surface area contributed by atoms with Crippen molar-refractivity contribution in [2.24, 2.45) is 5.92 Å². The number of imide groups is 1. The predicted octanol–water partition coefficient (Wildman–Crippen LogP) is 6.40. The molecule has 0 N–H and O–H groups in total. The van der Waals surface area contributed by atoms with Crippen LogP contribution in [0.5, 0.6) is 0 Å². The highest BCUT2D eigenvalue weighted by atomic mass is 35.5. The van der Waals surface area contributed by atoms with Gasteiger partial charge in [0.05, 0.1) is 37.4 Å². The maximum absolute atomic E-state index is 13.5. The van der Waals surface area contributed by atoms with Crippen molar-refractivity contribution in [3.05, 3.63) is 28.2 Å². The summed E-state index contributed by atoms with van der Waals surface area (Å²) < 4.78 is 41.0. The van der Waals surface area contributed by atoms with Crippen LogP contribution in [-0.2, 0) is 38.0 Å². The van der Waals surface area contributed by atoms with E-state index in [9.17, 15) is 19.2 Å². The molecular formula is C32H43ClN6O11S. The number of anilines is 1. The van der Waals surface area contributed by atoms with Gasteiger partial charge in [0.15, 0.2) is 35.4 Å². The predicted molar refractivity (Wildman–Crippen MR) is 182 cm³/mol. The van der Waals surface area contributed by atoms with E-state index in [1.54, 1.807) is 80.1 Å². The SMILES string of the molecule is COC(=O)C(OC[C@H]1O[C@@H](n2cnc3c(N(C(=O)OC(C)(C)C)C(=O)OC(C)(C)C)nc(Cl)nc32)[C@H](OC(=O)OC(C)(C)C)[C@@H]1C)c1cscn1. The topological polar surface area (TPSA) is 193 Å². The Balaban J connectivity index is 1.77. The molecule has 4 rings (SSSR count). The first-order valence-electron chi connectivity index (χ1n) is 15.9. The molecule has 0 saturated carbocycles. The first kappa shape index (κ1) is 39.7. The van der Waals surface area contributed by atoms with Crippen molar-refractivity contribution < 1.29 is 52.3 Å². The lowest BCUT2D eigenvalue weighted by Crippen LogP contribution is -2.44. The number of halogens is 1. The van der Waals surface area contributed by atoms with Gasteiger partial charge in [-0.15, -0.1) is 11.3 Å². The average molecular weight is 755 g/mol. The van der Waals surface area contributed by atoms with Gasteiger partial charge in [0.1, 0.15) is 16.8 Å². The molecule has 1 aliphatic heterocycles. The number of rotatable bonds is 8. The van der Waals surface area contributed by atoms with Gasteiger partial charge in [-0.1, -0.05) is 6.92 Å². The number of esters is 1. The van der Waals surface area contributed by atoms with E-state index in [2.05, 4.69) is 19.9 Å². The van der Waals surface area contributed by atoms with E-state index in [0.29, 0.717) is 10.6 Å². The van der Waals surface area contributed by atoms with Crippen molar-refractivity contribution in [2.75, 3.05) is 18.6 Å². The maximum atomic E-state index is 13.5. The summed E-state index contributed by atoms with van der Waals surface area (Å²) in [5.74, 6) is -1.55. The minimum absolute atomic E-state index is 0.00795. The molecule has 0 aromatic carbocycles. The third kappa shape index (κ3) is 10.0. The van der Waals surface area contributed by atoms with Crippen molar-refractivity contribution >= 4 is 64.2 Å². The molecule has 51 heavy (non-hydrogen) atoms. The number of thiazole rings is 1. The van der Waals surface area contributed by atoms with Crippen molar-refractivity contribution in [2.45, 2.75) is 111 Å². The molecule has 0 aliphatic carbocycles. The molecule has 5 atom stereocenters. The summed E-state index contributed by atoms with van der Waals surface area (Å²) in [6.45, 7) is 16.4. The number of methoxy groups -OCH3 is 1. The first-order valence-corrected chi connectivity index (χ1v) is 17.2. The quantitative estimate of drug-likeness (QED) is 0.139. The lowest BCUT2D eigenvalue weighted by molar-refractivity contribution is -0.158. The molecule has 1 saturated heterocycles. The summed E-state index contributed by atoms with van der Waals surface area (Å²) >= 11 is 7.68. The Hall–Kier alpha value is -4.13. The first-order chi connectivity index (χ1) is 23.6. The summed E-state index contributed by atoms with van der Waals surface area (Å²) in [5, 5.41) is 1.30. The van der Waals surface area contributed by atoms with Crippen molar-refractivity contribution in [1.29, 1.82) is 0 Å². The minimum atomic E-state index is -1.14. The van der Waals surface area contributed by atoms with Gasteiger partial charge >= 0.3 is 24.3 Å². The molecule has 280 valence electrons. The lowest BCUT2D eigenvalue weighted by Gasteiger charge is -2.28. The summed E-state index contributed by atoms with van der Waals surface area (Å²) in [6, 6.07) is 0. The van der Waals surface area contributed by atoms with Gasteiger partial charge in [-0.2, -0.15) is 14.9 Å².